The Labute approximate surface area is 245 Å². The van der Waals surface area contributed by atoms with Crippen LogP contribution in [0.15, 0.2) is 126 Å². The van der Waals surface area contributed by atoms with E-state index in [9.17, 15) is 9.90 Å². The predicted octanol–water partition coefficient (Wildman–Crippen LogP) is 5.87. The number of hydrogen-bond donors (Lipinski definition) is 1. The molecule has 1 saturated heterocycles. The molecule has 7 heteroatoms. The highest BCUT2D eigenvalue weighted by atomic mass is 16.5. The molecule has 1 N–H and O–H groups in total. The Bertz CT molecular complexity index is 1620. The third-order valence-electron chi connectivity index (χ3n) is 7.82. The van der Waals surface area contributed by atoms with Crippen molar-refractivity contribution in [3.8, 4) is 28.6 Å². The SMILES string of the molecule is O=c1n(-c2ccc(OCCN3CCC(O)(Cc4ccccc4)CC3)cc2)ccn1-c1ccc(Oc2ccccc2)cc1. The molecule has 1 aliphatic rings. The van der Waals surface area contributed by atoms with Gasteiger partial charge in [0.1, 0.15) is 23.9 Å². The minimum atomic E-state index is -0.633. The molecule has 7 nitrogen and oxygen atoms in total. The van der Waals surface area contributed by atoms with Gasteiger partial charge >= 0.3 is 5.69 Å². The van der Waals surface area contributed by atoms with Crippen molar-refractivity contribution in [2.45, 2.75) is 24.9 Å². The molecule has 1 aromatic heterocycles. The maximum Gasteiger partial charge on any atom is 0.337 e. The third-order valence-corrected chi connectivity index (χ3v) is 7.82. The monoisotopic (exact) mass is 561 g/mol. The van der Waals surface area contributed by atoms with Crippen LogP contribution in [0.25, 0.3) is 11.4 Å². The first-order valence-electron chi connectivity index (χ1n) is 14.4. The lowest BCUT2D eigenvalue weighted by Gasteiger charge is -2.38. The Hall–Kier alpha value is -4.59. The summed E-state index contributed by atoms with van der Waals surface area (Å²) in [6.45, 7) is 3.08. The van der Waals surface area contributed by atoms with Gasteiger partial charge in [-0.1, -0.05) is 48.5 Å². The van der Waals surface area contributed by atoms with Gasteiger partial charge in [0.15, 0.2) is 0 Å². The lowest BCUT2D eigenvalue weighted by atomic mass is 9.85. The van der Waals surface area contributed by atoms with Crippen molar-refractivity contribution in [1.82, 2.24) is 14.0 Å². The van der Waals surface area contributed by atoms with E-state index in [4.69, 9.17) is 9.47 Å². The second-order valence-corrected chi connectivity index (χ2v) is 10.8. The fraction of sp³-hybridized carbons (Fsp3) is 0.229. The van der Waals surface area contributed by atoms with Gasteiger partial charge in [-0.3, -0.25) is 14.0 Å². The van der Waals surface area contributed by atoms with Crippen LogP contribution in [0, 0.1) is 0 Å². The van der Waals surface area contributed by atoms with Crippen LogP contribution in [0.3, 0.4) is 0 Å². The van der Waals surface area contributed by atoms with Crippen LogP contribution in [0.5, 0.6) is 17.2 Å². The van der Waals surface area contributed by atoms with E-state index in [-0.39, 0.29) is 5.69 Å². The summed E-state index contributed by atoms with van der Waals surface area (Å²) < 4.78 is 15.1. The van der Waals surface area contributed by atoms with Gasteiger partial charge < -0.3 is 14.6 Å². The molecular formula is C35H35N3O4. The summed E-state index contributed by atoms with van der Waals surface area (Å²) in [6, 6.07) is 34.8. The van der Waals surface area contributed by atoms with Crippen LogP contribution >= 0.6 is 0 Å². The average molecular weight is 562 g/mol. The number of ether oxygens (including phenoxy) is 2. The molecule has 6 rings (SSSR count). The molecule has 0 saturated carbocycles. The van der Waals surface area contributed by atoms with Gasteiger partial charge in [0.05, 0.1) is 17.0 Å². The third kappa shape index (κ3) is 6.65. The molecule has 0 atom stereocenters. The molecule has 0 bridgehead atoms. The topological polar surface area (TPSA) is 68.9 Å². The number of rotatable bonds is 10. The van der Waals surface area contributed by atoms with Gasteiger partial charge in [0.2, 0.25) is 0 Å². The van der Waals surface area contributed by atoms with E-state index in [1.807, 2.05) is 97.1 Å². The van der Waals surface area contributed by atoms with Gasteiger partial charge in [-0.15, -0.1) is 0 Å². The van der Waals surface area contributed by atoms with Crippen LogP contribution in [0.2, 0.25) is 0 Å². The van der Waals surface area contributed by atoms with Crippen molar-refractivity contribution in [2.24, 2.45) is 0 Å². The molecule has 2 heterocycles. The second-order valence-electron chi connectivity index (χ2n) is 10.8. The lowest BCUT2D eigenvalue weighted by Crippen LogP contribution is -2.46. The van der Waals surface area contributed by atoms with E-state index in [1.54, 1.807) is 21.5 Å². The first-order valence-corrected chi connectivity index (χ1v) is 14.4. The first kappa shape index (κ1) is 27.6. The average Bonchev–Trinajstić information content (AvgIpc) is 3.41. The zero-order valence-corrected chi connectivity index (χ0v) is 23.5. The standard InChI is InChI=1S/C35H35N3O4/c39-34-37(23-24-38(34)30-13-17-33(18-14-30)42-32-9-5-2-6-10-32)29-11-15-31(16-12-29)41-26-25-36-21-19-35(40,20-22-36)27-28-7-3-1-4-8-28/h1-18,23-24,40H,19-22,25-27H2. The highest BCUT2D eigenvalue weighted by Crippen LogP contribution is 2.26. The van der Waals surface area contributed by atoms with Gasteiger partial charge in [0, 0.05) is 38.4 Å². The van der Waals surface area contributed by atoms with Gasteiger partial charge in [-0.25, -0.2) is 4.79 Å². The Balaban J connectivity index is 0.997. The number of piperidine rings is 1. The summed E-state index contributed by atoms with van der Waals surface area (Å²) in [7, 11) is 0. The Morgan fingerprint density at radius 2 is 1.19 bits per heavy atom. The molecule has 42 heavy (non-hydrogen) atoms. The van der Waals surface area contributed by atoms with Crippen molar-refractivity contribution in [2.75, 3.05) is 26.2 Å². The van der Waals surface area contributed by atoms with E-state index >= 15 is 0 Å². The zero-order chi connectivity index (χ0) is 28.8. The van der Waals surface area contributed by atoms with E-state index in [0.29, 0.717) is 18.8 Å². The zero-order valence-electron chi connectivity index (χ0n) is 23.5. The molecule has 0 unspecified atom stereocenters. The fourth-order valence-electron chi connectivity index (χ4n) is 5.41. The highest BCUT2D eigenvalue weighted by molar-refractivity contribution is 5.41. The molecule has 5 aromatic rings. The van der Waals surface area contributed by atoms with Crippen LogP contribution in [0.1, 0.15) is 18.4 Å². The van der Waals surface area contributed by atoms with Gasteiger partial charge in [-0.05, 0) is 79.1 Å². The minimum absolute atomic E-state index is 0.155. The Kier molecular flexibility index (Phi) is 8.21. The molecule has 0 aliphatic carbocycles. The molecular weight excluding hydrogens is 526 g/mol. The number of aliphatic hydroxyl groups is 1. The van der Waals surface area contributed by atoms with Crippen molar-refractivity contribution < 1.29 is 14.6 Å². The molecule has 1 aliphatic heterocycles. The molecule has 1 fully saturated rings. The summed E-state index contributed by atoms with van der Waals surface area (Å²) in [5.41, 5.74) is 1.92. The Morgan fingerprint density at radius 3 is 1.79 bits per heavy atom. The summed E-state index contributed by atoms with van der Waals surface area (Å²) in [6.07, 6.45) is 5.75. The minimum Gasteiger partial charge on any atom is -0.492 e. The predicted molar refractivity (Wildman–Crippen MR) is 164 cm³/mol. The number of imidazole rings is 1. The number of benzene rings is 4. The van der Waals surface area contributed by atoms with E-state index < -0.39 is 5.60 Å². The lowest BCUT2D eigenvalue weighted by molar-refractivity contribution is -0.0226. The van der Waals surface area contributed by atoms with Gasteiger partial charge in [-0.2, -0.15) is 0 Å². The normalized spacial score (nSPS) is 14.9. The number of likely N-dealkylation sites (tertiary alicyclic amines) is 1. The van der Waals surface area contributed by atoms with Gasteiger partial charge in [0.25, 0.3) is 0 Å². The van der Waals surface area contributed by atoms with Crippen molar-refractivity contribution in [1.29, 1.82) is 0 Å². The maximum atomic E-state index is 13.2. The van der Waals surface area contributed by atoms with Crippen LogP contribution in [-0.2, 0) is 6.42 Å². The maximum absolute atomic E-state index is 13.2. The summed E-state index contributed by atoms with van der Waals surface area (Å²) >= 11 is 0. The number of para-hydroxylation sites is 1. The van der Waals surface area contributed by atoms with Crippen LogP contribution in [-0.4, -0.2) is 51.0 Å². The molecule has 0 spiro atoms. The Morgan fingerprint density at radius 1 is 0.667 bits per heavy atom. The number of nitrogens with zero attached hydrogens (tertiary/aromatic N) is 3. The van der Waals surface area contributed by atoms with E-state index in [2.05, 4.69) is 17.0 Å². The smallest absolute Gasteiger partial charge is 0.337 e. The second kappa shape index (κ2) is 12.5. The summed E-state index contributed by atoms with van der Waals surface area (Å²) in [5, 5.41) is 11.0. The number of hydrogen-bond acceptors (Lipinski definition) is 5. The van der Waals surface area contributed by atoms with Crippen molar-refractivity contribution in [3.05, 3.63) is 138 Å². The van der Waals surface area contributed by atoms with E-state index in [0.717, 1.165) is 55.3 Å². The van der Waals surface area contributed by atoms with E-state index in [1.165, 1.54) is 5.56 Å². The first-order chi connectivity index (χ1) is 20.5. The molecule has 0 amide bonds. The summed E-state index contributed by atoms with van der Waals surface area (Å²) in [4.78, 5) is 15.5. The highest BCUT2D eigenvalue weighted by Gasteiger charge is 2.32. The molecule has 4 aromatic carbocycles. The quantitative estimate of drug-likeness (QED) is 0.231. The van der Waals surface area contributed by atoms with Crippen molar-refractivity contribution in [3.63, 3.8) is 0 Å². The molecule has 0 radical (unpaired) electrons. The van der Waals surface area contributed by atoms with Crippen LogP contribution in [0.4, 0.5) is 0 Å². The fourth-order valence-corrected chi connectivity index (χ4v) is 5.41. The van der Waals surface area contributed by atoms with Crippen LogP contribution < -0.4 is 15.2 Å². The number of aromatic nitrogens is 2. The molecule has 214 valence electrons. The summed E-state index contributed by atoms with van der Waals surface area (Å²) in [5.74, 6) is 2.23. The largest absolute Gasteiger partial charge is 0.492 e. The van der Waals surface area contributed by atoms with Crippen molar-refractivity contribution >= 4 is 0 Å².